The first kappa shape index (κ1) is 12.3. The first-order chi connectivity index (χ1) is 8.68. The van der Waals surface area contributed by atoms with Crippen molar-refractivity contribution in [2.75, 3.05) is 6.54 Å². The molecule has 0 aliphatic heterocycles. The van der Waals surface area contributed by atoms with E-state index in [1.165, 1.54) is 12.3 Å². The first-order valence-corrected chi connectivity index (χ1v) is 5.61. The van der Waals surface area contributed by atoms with E-state index in [1.54, 1.807) is 25.1 Å². The van der Waals surface area contributed by atoms with E-state index < -0.39 is 0 Å². The number of halogens is 1. The highest BCUT2D eigenvalue weighted by molar-refractivity contribution is 5.94. The van der Waals surface area contributed by atoms with Crippen LogP contribution >= 0.6 is 0 Å². The number of aromatic nitrogens is 1. The highest BCUT2D eigenvalue weighted by Gasteiger charge is 2.12. The van der Waals surface area contributed by atoms with E-state index in [9.17, 15) is 9.18 Å². The normalized spacial score (nSPS) is 10.3. The highest BCUT2D eigenvalue weighted by atomic mass is 19.1. The Labute approximate surface area is 104 Å². The number of aryl methyl sites for hydroxylation is 1. The number of hydrogen-bond donors (Lipinski definition) is 1. The van der Waals surface area contributed by atoms with Gasteiger partial charge in [-0.05, 0) is 25.0 Å². The lowest BCUT2D eigenvalue weighted by Gasteiger charge is -2.05. The Balaban J connectivity index is 1.88. The maximum absolute atomic E-state index is 13.3. The minimum Gasteiger partial charge on any atom is -0.361 e. The maximum atomic E-state index is 13.3. The Morgan fingerprint density at radius 2 is 2.22 bits per heavy atom. The summed E-state index contributed by atoms with van der Waals surface area (Å²) in [5.74, 6) is -0.0450. The third kappa shape index (κ3) is 2.74. The molecule has 0 saturated heterocycles. The Bertz CT molecular complexity index is 551. The number of carbonyl (C=O) groups excluding carboxylic acids is 1. The zero-order valence-electron chi connectivity index (χ0n) is 9.94. The van der Waals surface area contributed by atoms with E-state index in [-0.39, 0.29) is 11.7 Å². The van der Waals surface area contributed by atoms with Crippen molar-refractivity contribution in [1.82, 2.24) is 10.5 Å². The minimum atomic E-state index is -0.259. The van der Waals surface area contributed by atoms with Crippen LogP contribution in [0.5, 0.6) is 0 Å². The lowest BCUT2D eigenvalue weighted by molar-refractivity contribution is 0.0952. The molecule has 2 aromatic rings. The molecular formula is C13H13FN2O2. The van der Waals surface area contributed by atoms with Gasteiger partial charge in [0.2, 0.25) is 0 Å². The summed E-state index contributed by atoms with van der Waals surface area (Å²) >= 11 is 0. The van der Waals surface area contributed by atoms with Gasteiger partial charge in [-0.1, -0.05) is 23.4 Å². The average Bonchev–Trinajstić information content (AvgIpc) is 2.78. The van der Waals surface area contributed by atoms with Gasteiger partial charge in [-0.25, -0.2) is 4.39 Å². The van der Waals surface area contributed by atoms with E-state index >= 15 is 0 Å². The fraction of sp³-hybridized carbons (Fsp3) is 0.231. The first-order valence-electron chi connectivity index (χ1n) is 5.61. The van der Waals surface area contributed by atoms with Crippen molar-refractivity contribution in [2.24, 2.45) is 0 Å². The van der Waals surface area contributed by atoms with Gasteiger partial charge < -0.3 is 9.84 Å². The summed E-state index contributed by atoms with van der Waals surface area (Å²) in [6.45, 7) is 2.03. The minimum absolute atomic E-state index is 0.257. The number of nitrogens with one attached hydrogen (secondary N) is 1. The van der Waals surface area contributed by atoms with Crippen molar-refractivity contribution in [3.05, 3.63) is 53.2 Å². The highest BCUT2D eigenvalue weighted by Crippen LogP contribution is 2.07. The number of amides is 1. The lowest BCUT2D eigenvalue weighted by Crippen LogP contribution is -2.26. The van der Waals surface area contributed by atoms with Crippen LogP contribution < -0.4 is 5.32 Å². The number of rotatable bonds is 4. The Morgan fingerprint density at radius 3 is 2.89 bits per heavy atom. The standard InChI is InChI=1S/C13H13FN2O2/c1-9-11(8-16-18-9)13(17)15-7-6-10-4-2-3-5-12(10)14/h2-5,8H,6-7H2,1H3,(H,15,17). The van der Waals surface area contributed by atoms with Gasteiger partial charge in [0.25, 0.3) is 5.91 Å². The molecule has 18 heavy (non-hydrogen) atoms. The molecular weight excluding hydrogens is 235 g/mol. The molecule has 2 rings (SSSR count). The average molecular weight is 248 g/mol. The van der Waals surface area contributed by atoms with Gasteiger partial charge in [0.1, 0.15) is 17.1 Å². The van der Waals surface area contributed by atoms with Gasteiger partial charge in [0, 0.05) is 6.54 Å². The van der Waals surface area contributed by atoms with Gasteiger partial charge >= 0.3 is 0 Å². The molecule has 0 aliphatic rings. The molecule has 0 unspecified atom stereocenters. The van der Waals surface area contributed by atoms with Crippen LogP contribution in [-0.2, 0) is 6.42 Å². The van der Waals surface area contributed by atoms with Crippen molar-refractivity contribution in [1.29, 1.82) is 0 Å². The van der Waals surface area contributed by atoms with Crippen LogP contribution in [0.1, 0.15) is 21.7 Å². The smallest absolute Gasteiger partial charge is 0.256 e. The van der Waals surface area contributed by atoms with Crippen LogP contribution in [0.15, 0.2) is 35.0 Å². The molecule has 1 N–H and O–H groups in total. The van der Waals surface area contributed by atoms with Gasteiger partial charge in [-0.15, -0.1) is 0 Å². The molecule has 0 bridgehead atoms. The van der Waals surface area contributed by atoms with E-state index in [0.29, 0.717) is 29.9 Å². The monoisotopic (exact) mass is 248 g/mol. The summed E-state index contributed by atoms with van der Waals surface area (Å²) in [6, 6.07) is 6.51. The molecule has 0 spiro atoms. The molecule has 0 saturated carbocycles. The summed E-state index contributed by atoms with van der Waals surface area (Å²) in [6.07, 6.45) is 1.82. The third-order valence-corrected chi connectivity index (χ3v) is 2.63. The molecule has 94 valence electrons. The summed E-state index contributed by atoms with van der Waals surface area (Å²) < 4.78 is 18.1. The van der Waals surface area contributed by atoms with Crippen molar-refractivity contribution in [2.45, 2.75) is 13.3 Å². The van der Waals surface area contributed by atoms with Crippen molar-refractivity contribution < 1.29 is 13.7 Å². The zero-order valence-corrected chi connectivity index (χ0v) is 9.94. The third-order valence-electron chi connectivity index (χ3n) is 2.63. The molecule has 0 aliphatic carbocycles. The van der Waals surface area contributed by atoms with Crippen LogP contribution in [0, 0.1) is 12.7 Å². The van der Waals surface area contributed by atoms with Gasteiger partial charge in [0.05, 0.1) is 6.20 Å². The predicted octanol–water partition coefficient (Wildman–Crippen LogP) is 2.09. The SMILES string of the molecule is Cc1oncc1C(=O)NCCc1ccccc1F. The molecule has 1 heterocycles. The number of benzene rings is 1. The predicted molar refractivity (Wildman–Crippen MR) is 63.7 cm³/mol. The second kappa shape index (κ2) is 5.44. The van der Waals surface area contributed by atoms with Gasteiger partial charge in [0.15, 0.2) is 0 Å². The largest absolute Gasteiger partial charge is 0.361 e. The van der Waals surface area contributed by atoms with Crippen molar-refractivity contribution in [3.63, 3.8) is 0 Å². The fourth-order valence-electron chi connectivity index (χ4n) is 1.62. The second-order valence-corrected chi connectivity index (χ2v) is 3.89. The van der Waals surface area contributed by atoms with Crippen LogP contribution in [0.2, 0.25) is 0 Å². The van der Waals surface area contributed by atoms with Crippen LogP contribution in [0.3, 0.4) is 0 Å². The lowest BCUT2D eigenvalue weighted by atomic mass is 10.1. The number of hydrogen-bond acceptors (Lipinski definition) is 3. The zero-order chi connectivity index (χ0) is 13.0. The van der Waals surface area contributed by atoms with E-state index in [4.69, 9.17) is 4.52 Å². The van der Waals surface area contributed by atoms with E-state index in [2.05, 4.69) is 10.5 Å². The molecule has 1 amide bonds. The quantitative estimate of drug-likeness (QED) is 0.901. The van der Waals surface area contributed by atoms with Crippen molar-refractivity contribution in [3.8, 4) is 0 Å². The van der Waals surface area contributed by atoms with Gasteiger partial charge in [-0.3, -0.25) is 4.79 Å². The second-order valence-electron chi connectivity index (χ2n) is 3.89. The van der Waals surface area contributed by atoms with Crippen LogP contribution in [0.4, 0.5) is 4.39 Å². The molecule has 0 atom stereocenters. The van der Waals surface area contributed by atoms with Crippen molar-refractivity contribution >= 4 is 5.91 Å². The molecule has 1 aromatic heterocycles. The fourth-order valence-corrected chi connectivity index (χ4v) is 1.62. The molecule has 0 fully saturated rings. The molecule has 4 nitrogen and oxygen atoms in total. The molecule has 0 radical (unpaired) electrons. The summed E-state index contributed by atoms with van der Waals surface area (Å²) in [4.78, 5) is 11.7. The summed E-state index contributed by atoms with van der Waals surface area (Å²) in [7, 11) is 0. The van der Waals surface area contributed by atoms with Crippen LogP contribution in [-0.4, -0.2) is 17.6 Å². The molecule has 1 aromatic carbocycles. The summed E-state index contributed by atoms with van der Waals surface area (Å²) in [5.41, 5.74) is 0.989. The Kier molecular flexibility index (Phi) is 3.72. The Morgan fingerprint density at radius 1 is 1.44 bits per heavy atom. The number of carbonyl (C=O) groups is 1. The Hall–Kier alpha value is -2.17. The topological polar surface area (TPSA) is 55.1 Å². The summed E-state index contributed by atoms with van der Waals surface area (Å²) in [5, 5.41) is 6.22. The maximum Gasteiger partial charge on any atom is 0.256 e. The van der Waals surface area contributed by atoms with E-state index in [0.717, 1.165) is 0 Å². The molecule has 5 heteroatoms. The number of nitrogens with zero attached hydrogens (tertiary/aromatic N) is 1. The van der Waals surface area contributed by atoms with E-state index in [1.807, 2.05) is 0 Å². The van der Waals surface area contributed by atoms with Gasteiger partial charge in [-0.2, -0.15) is 0 Å². The van der Waals surface area contributed by atoms with Crippen LogP contribution in [0.25, 0.3) is 0 Å².